The zero-order chi connectivity index (χ0) is 14.5. The van der Waals surface area contributed by atoms with Gasteiger partial charge >= 0.3 is 0 Å². The topological polar surface area (TPSA) is 15.3 Å². The van der Waals surface area contributed by atoms with E-state index in [9.17, 15) is 8.78 Å². The molecule has 1 fully saturated rings. The van der Waals surface area contributed by atoms with Crippen molar-refractivity contribution in [3.63, 3.8) is 0 Å². The van der Waals surface area contributed by atoms with Crippen LogP contribution in [0.15, 0.2) is 12.1 Å². The summed E-state index contributed by atoms with van der Waals surface area (Å²) in [5.74, 6) is -0.350. The monoisotopic (exact) mass is 282 g/mol. The Morgan fingerprint density at radius 3 is 2.35 bits per heavy atom. The van der Waals surface area contributed by atoms with Gasteiger partial charge in [0.25, 0.3) is 0 Å². The normalized spacial score (nSPS) is 15.8. The molecular weight excluding hydrogens is 258 g/mol. The maximum Gasteiger partial charge on any atom is 0.149 e. The smallest absolute Gasteiger partial charge is 0.149 e. The van der Waals surface area contributed by atoms with E-state index in [-0.39, 0.29) is 5.69 Å². The maximum atomic E-state index is 14.2. The molecular formula is C16H24F2N2. The fraction of sp³-hybridized carbons (Fsp3) is 0.625. The van der Waals surface area contributed by atoms with Crippen molar-refractivity contribution in [3.8, 4) is 0 Å². The quantitative estimate of drug-likeness (QED) is 0.856. The molecule has 1 N–H and O–H groups in total. The zero-order valence-corrected chi connectivity index (χ0v) is 12.4. The van der Waals surface area contributed by atoms with Crippen LogP contribution in [-0.2, 0) is 6.54 Å². The highest BCUT2D eigenvalue weighted by atomic mass is 19.1. The molecule has 0 saturated heterocycles. The number of nitrogens with one attached hydrogen (secondary N) is 1. The van der Waals surface area contributed by atoms with Crippen molar-refractivity contribution in [2.45, 2.75) is 39.2 Å². The summed E-state index contributed by atoms with van der Waals surface area (Å²) < 4.78 is 28.3. The lowest BCUT2D eigenvalue weighted by Gasteiger charge is -2.24. The van der Waals surface area contributed by atoms with Crippen LogP contribution in [0.2, 0.25) is 0 Å². The van der Waals surface area contributed by atoms with Crippen molar-refractivity contribution >= 4 is 5.69 Å². The first kappa shape index (κ1) is 15.2. The van der Waals surface area contributed by atoms with Crippen molar-refractivity contribution in [1.29, 1.82) is 0 Å². The van der Waals surface area contributed by atoms with Crippen LogP contribution in [0.4, 0.5) is 14.5 Å². The Morgan fingerprint density at radius 2 is 1.80 bits per heavy atom. The highest BCUT2D eigenvalue weighted by molar-refractivity contribution is 5.50. The second kappa shape index (κ2) is 7.02. The summed E-state index contributed by atoms with van der Waals surface area (Å²) in [5.41, 5.74) is 0.761. The van der Waals surface area contributed by atoms with Crippen molar-refractivity contribution in [2.24, 2.45) is 5.92 Å². The average molecular weight is 282 g/mol. The van der Waals surface area contributed by atoms with E-state index >= 15 is 0 Å². The fourth-order valence-electron chi connectivity index (χ4n) is 3.03. The van der Waals surface area contributed by atoms with Gasteiger partial charge in [-0.05, 0) is 43.0 Å². The number of hydrogen-bond acceptors (Lipinski definition) is 2. The lowest BCUT2D eigenvalue weighted by Crippen LogP contribution is -2.26. The predicted octanol–water partition coefficient (Wildman–Crippen LogP) is 3.70. The Labute approximate surface area is 120 Å². The van der Waals surface area contributed by atoms with Gasteiger partial charge in [0, 0.05) is 20.1 Å². The van der Waals surface area contributed by atoms with Gasteiger partial charge in [0.05, 0.1) is 0 Å². The van der Waals surface area contributed by atoms with Gasteiger partial charge < -0.3 is 10.2 Å². The predicted molar refractivity (Wildman–Crippen MR) is 79.0 cm³/mol. The highest BCUT2D eigenvalue weighted by Gasteiger charge is 2.21. The lowest BCUT2D eigenvalue weighted by molar-refractivity contribution is 0.523. The maximum absolute atomic E-state index is 14.2. The van der Waals surface area contributed by atoms with Gasteiger partial charge in [-0.1, -0.05) is 19.8 Å². The molecule has 0 amide bonds. The van der Waals surface area contributed by atoms with Crippen LogP contribution in [0, 0.1) is 17.6 Å². The molecule has 1 saturated carbocycles. The molecule has 0 aliphatic heterocycles. The SMILES string of the molecule is CCNCc1cc(F)c(N(C)CC2CCCC2)c(F)c1. The van der Waals surface area contributed by atoms with E-state index in [1.54, 1.807) is 11.9 Å². The molecule has 0 aromatic heterocycles. The van der Waals surface area contributed by atoms with E-state index in [2.05, 4.69) is 5.32 Å². The van der Waals surface area contributed by atoms with Gasteiger partial charge in [-0.25, -0.2) is 8.78 Å². The molecule has 0 bridgehead atoms. The first-order valence-corrected chi connectivity index (χ1v) is 7.51. The molecule has 0 radical (unpaired) electrons. The van der Waals surface area contributed by atoms with Crippen LogP contribution < -0.4 is 10.2 Å². The first-order valence-electron chi connectivity index (χ1n) is 7.51. The number of halogens is 2. The summed E-state index contributed by atoms with van der Waals surface area (Å²) in [4.78, 5) is 1.73. The largest absolute Gasteiger partial charge is 0.370 e. The minimum Gasteiger partial charge on any atom is -0.370 e. The Hall–Kier alpha value is -1.16. The number of benzene rings is 1. The van der Waals surface area contributed by atoms with Crippen molar-refractivity contribution in [2.75, 3.05) is 25.0 Å². The summed E-state index contributed by atoms with van der Waals surface area (Å²) in [7, 11) is 1.78. The van der Waals surface area contributed by atoms with E-state index in [0.717, 1.165) is 13.1 Å². The number of hydrogen-bond donors (Lipinski definition) is 1. The molecule has 20 heavy (non-hydrogen) atoms. The Bertz CT molecular complexity index is 419. The van der Waals surface area contributed by atoms with E-state index in [1.807, 2.05) is 6.92 Å². The van der Waals surface area contributed by atoms with Crippen LogP contribution in [0.3, 0.4) is 0 Å². The van der Waals surface area contributed by atoms with E-state index in [4.69, 9.17) is 0 Å². The van der Waals surface area contributed by atoms with Crippen LogP contribution in [0.5, 0.6) is 0 Å². The summed E-state index contributed by atoms with van der Waals surface area (Å²) in [6.45, 7) is 3.99. The first-order chi connectivity index (χ1) is 9.61. The summed E-state index contributed by atoms with van der Waals surface area (Å²) in [5, 5.41) is 3.08. The number of anilines is 1. The molecule has 0 heterocycles. The molecule has 2 nitrogen and oxygen atoms in total. The van der Waals surface area contributed by atoms with Crippen molar-refractivity contribution in [1.82, 2.24) is 5.32 Å². The average Bonchev–Trinajstić information content (AvgIpc) is 2.88. The van der Waals surface area contributed by atoms with Crippen LogP contribution >= 0.6 is 0 Å². The highest BCUT2D eigenvalue weighted by Crippen LogP contribution is 2.29. The fourth-order valence-corrected chi connectivity index (χ4v) is 3.03. The minimum atomic E-state index is -0.460. The van der Waals surface area contributed by atoms with Gasteiger partial charge in [-0.3, -0.25) is 0 Å². The molecule has 0 atom stereocenters. The Balaban J connectivity index is 2.09. The zero-order valence-electron chi connectivity index (χ0n) is 12.4. The Morgan fingerprint density at radius 1 is 1.20 bits per heavy atom. The molecule has 1 aliphatic carbocycles. The van der Waals surface area contributed by atoms with Crippen LogP contribution in [0.25, 0.3) is 0 Å². The summed E-state index contributed by atoms with van der Waals surface area (Å²) in [6.07, 6.45) is 4.83. The molecule has 2 rings (SSSR count). The van der Waals surface area contributed by atoms with E-state index in [1.165, 1.54) is 37.8 Å². The summed E-state index contributed by atoms with van der Waals surface area (Å²) >= 11 is 0. The molecule has 0 spiro atoms. The van der Waals surface area contributed by atoms with Crippen molar-refractivity contribution in [3.05, 3.63) is 29.3 Å². The third-order valence-corrected chi connectivity index (χ3v) is 4.04. The van der Waals surface area contributed by atoms with Gasteiger partial charge in [0.1, 0.15) is 17.3 Å². The van der Waals surface area contributed by atoms with Crippen molar-refractivity contribution < 1.29 is 8.78 Å². The standard InChI is InChI=1S/C16H24F2N2/c1-3-19-10-13-8-14(17)16(15(18)9-13)20(2)11-12-6-4-5-7-12/h8-9,12,19H,3-7,10-11H2,1-2H3. The Kier molecular flexibility index (Phi) is 5.35. The third-order valence-electron chi connectivity index (χ3n) is 4.04. The molecule has 1 aromatic carbocycles. The van der Waals surface area contributed by atoms with Crippen LogP contribution in [0.1, 0.15) is 38.2 Å². The molecule has 112 valence electrons. The van der Waals surface area contributed by atoms with E-state index in [0.29, 0.717) is 18.0 Å². The van der Waals surface area contributed by atoms with Gasteiger partial charge in [-0.15, -0.1) is 0 Å². The van der Waals surface area contributed by atoms with Gasteiger partial charge in [0.2, 0.25) is 0 Å². The second-order valence-electron chi connectivity index (χ2n) is 5.72. The molecule has 4 heteroatoms. The second-order valence-corrected chi connectivity index (χ2v) is 5.72. The summed E-state index contributed by atoms with van der Waals surface area (Å²) in [6, 6.07) is 2.87. The lowest BCUT2D eigenvalue weighted by atomic mass is 10.1. The third kappa shape index (κ3) is 3.69. The minimum absolute atomic E-state index is 0.108. The molecule has 1 aliphatic rings. The van der Waals surface area contributed by atoms with Crippen LogP contribution in [-0.4, -0.2) is 20.1 Å². The van der Waals surface area contributed by atoms with Gasteiger partial charge in [-0.2, -0.15) is 0 Å². The van der Waals surface area contributed by atoms with E-state index < -0.39 is 11.6 Å². The molecule has 1 aromatic rings. The number of nitrogens with zero attached hydrogens (tertiary/aromatic N) is 1. The number of rotatable bonds is 6. The van der Waals surface area contributed by atoms with Gasteiger partial charge in [0.15, 0.2) is 0 Å². The molecule has 0 unspecified atom stereocenters.